The predicted molar refractivity (Wildman–Crippen MR) is 187 cm³/mol. The Kier molecular flexibility index (Phi) is 5.82. The van der Waals surface area contributed by atoms with E-state index in [-0.39, 0.29) is 0 Å². The van der Waals surface area contributed by atoms with Crippen molar-refractivity contribution in [2.24, 2.45) is 0 Å². The van der Waals surface area contributed by atoms with Gasteiger partial charge in [-0.1, -0.05) is 127 Å². The number of hydrogen-bond acceptors (Lipinski definition) is 2. The van der Waals surface area contributed by atoms with E-state index < -0.39 is 0 Å². The molecule has 0 saturated heterocycles. The Morgan fingerprint density at radius 1 is 0.444 bits per heavy atom. The second kappa shape index (κ2) is 10.3. The average molecular weight is 574 g/mol. The lowest BCUT2D eigenvalue weighted by Crippen LogP contribution is -1.93. The zero-order valence-corrected chi connectivity index (χ0v) is 24.4. The third-order valence-corrected chi connectivity index (χ3v) is 8.84. The van der Waals surface area contributed by atoms with Crippen LogP contribution in [0.3, 0.4) is 0 Å². The number of hydrogen-bond donors (Lipinski definition) is 0. The summed E-state index contributed by atoms with van der Waals surface area (Å²) in [5.41, 5.74) is 9.69. The number of pyridine rings is 2. The highest BCUT2D eigenvalue weighted by atomic mass is 15.0. The molecule has 0 aliphatic rings. The fraction of sp³-hybridized carbons (Fsp3) is 0. The number of benzene rings is 6. The van der Waals surface area contributed by atoms with Gasteiger partial charge in [-0.15, -0.1) is 0 Å². The van der Waals surface area contributed by atoms with Crippen molar-refractivity contribution in [3.8, 4) is 44.9 Å². The van der Waals surface area contributed by atoms with Crippen molar-refractivity contribution in [3.05, 3.63) is 164 Å². The number of rotatable bonds is 4. The third kappa shape index (κ3) is 4.05. The predicted octanol–water partition coefficient (Wildman–Crippen LogP) is 10.9. The number of aromatic nitrogens is 3. The third-order valence-electron chi connectivity index (χ3n) is 8.84. The Bertz CT molecular complexity index is 2470. The Labute approximate surface area is 260 Å². The Morgan fingerprint density at radius 2 is 1.02 bits per heavy atom. The van der Waals surface area contributed by atoms with Gasteiger partial charge in [-0.2, -0.15) is 0 Å². The lowest BCUT2D eigenvalue weighted by Gasteiger charge is -2.18. The van der Waals surface area contributed by atoms with Crippen LogP contribution < -0.4 is 0 Å². The van der Waals surface area contributed by atoms with Crippen LogP contribution in [-0.2, 0) is 0 Å². The van der Waals surface area contributed by atoms with Crippen LogP contribution in [0, 0.1) is 0 Å². The lowest BCUT2D eigenvalue weighted by molar-refractivity contribution is 1.21. The first kappa shape index (κ1) is 25.4. The summed E-state index contributed by atoms with van der Waals surface area (Å²) in [5.74, 6) is 0. The molecule has 9 rings (SSSR count). The Balaban J connectivity index is 1.34. The molecule has 9 aromatic rings. The van der Waals surface area contributed by atoms with Gasteiger partial charge in [0.1, 0.15) is 11.3 Å². The van der Waals surface area contributed by atoms with Crippen molar-refractivity contribution in [1.82, 2.24) is 14.4 Å². The maximum Gasteiger partial charge on any atom is 0.145 e. The zero-order chi connectivity index (χ0) is 29.7. The molecule has 0 N–H and O–H groups in total. The van der Waals surface area contributed by atoms with Gasteiger partial charge in [0.2, 0.25) is 0 Å². The van der Waals surface area contributed by atoms with E-state index in [0.29, 0.717) is 0 Å². The molecule has 210 valence electrons. The van der Waals surface area contributed by atoms with E-state index in [1.54, 1.807) is 0 Å². The molecule has 3 aromatic heterocycles. The molecular formula is C42H27N3. The molecule has 0 saturated carbocycles. The highest BCUT2D eigenvalue weighted by Gasteiger charge is 2.21. The standard InChI is InChI=1S/C42H27N3/c1-2-14-29(15-3-1)38-33-19-6-8-21-35(33)39(36-22-9-7-20-34(36)38)30-16-12-17-31(27-30)41-40(37-23-10-11-25-43-37)44-42-32-18-5-4-13-28(32)24-26-45(41)42/h1-27H. The van der Waals surface area contributed by atoms with Crippen LogP contribution in [0.5, 0.6) is 0 Å². The van der Waals surface area contributed by atoms with Crippen molar-refractivity contribution in [1.29, 1.82) is 0 Å². The van der Waals surface area contributed by atoms with E-state index in [4.69, 9.17) is 9.97 Å². The molecule has 0 bridgehead atoms. The van der Waals surface area contributed by atoms with E-state index in [0.717, 1.165) is 33.7 Å². The number of fused-ring (bicyclic) bond motifs is 5. The van der Waals surface area contributed by atoms with Gasteiger partial charge in [-0.3, -0.25) is 9.38 Å². The van der Waals surface area contributed by atoms with Gasteiger partial charge < -0.3 is 0 Å². The summed E-state index contributed by atoms with van der Waals surface area (Å²) in [4.78, 5) is 9.97. The number of imidazole rings is 1. The molecular weight excluding hydrogens is 546 g/mol. The van der Waals surface area contributed by atoms with Crippen LogP contribution in [0.25, 0.3) is 82.9 Å². The maximum atomic E-state index is 5.24. The van der Waals surface area contributed by atoms with Gasteiger partial charge in [-0.05, 0) is 73.5 Å². The molecule has 3 nitrogen and oxygen atoms in total. The van der Waals surface area contributed by atoms with Gasteiger partial charge in [0.05, 0.1) is 11.4 Å². The highest BCUT2D eigenvalue weighted by molar-refractivity contribution is 6.21. The van der Waals surface area contributed by atoms with Crippen molar-refractivity contribution >= 4 is 38.0 Å². The van der Waals surface area contributed by atoms with Gasteiger partial charge in [-0.25, -0.2) is 4.98 Å². The summed E-state index contributed by atoms with van der Waals surface area (Å²) < 4.78 is 2.22. The quantitative estimate of drug-likeness (QED) is 0.196. The summed E-state index contributed by atoms with van der Waals surface area (Å²) in [7, 11) is 0. The zero-order valence-electron chi connectivity index (χ0n) is 24.4. The minimum absolute atomic E-state index is 0.855. The van der Waals surface area contributed by atoms with Gasteiger partial charge in [0.15, 0.2) is 0 Å². The first-order chi connectivity index (χ1) is 22.3. The maximum absolute atomic E-state index is 5.24. The van der Waals surface area contributed by atoms with Crippen LogP contribution >= 0.6 is 0 Å². The summed E-state index contributed by atoms with van der Waals surface area (Å²) in [6, 6.07) is 53.9. The van der Waals surface area contributed by atoms with Gasteiger partial charge in [0, 0.05) is 23.3 Å². The molecule has 0 amide bonds. The van der Waals surface area contributed by atoms with Crippen LogP contribution in [-0.4, -0.2) is 14.4 Å². The second-order valence-corrected chi connectivity index (χ2v) is 11.4. The van der Waals surface area contributed by atoms with Crippen molar-refractivity contribution < 1.29 is 0 Å². The molecule has 0 aliphatic heterocycles. The molecule has 0 atom stereocenters. The fourth-order valence-corrected chi connectivity index (χ4v) is 6.90. The van der Waals surface area contributed by atoms with E-state index in [1.165, 1.54) is 49.2 Å². The Hall–Kier alpha value is -6.06. The fourth-order valence-electron chi connectivity index (χ4n) is 6.90. The molecule has 0 radical (unpaired) electrons. The molecule has 3 heterocycles. The van der Waals surface area contributed by atoms with Gasteiger partial charge in [0.25, 0.3) is 0 Å². The second-order valence-electron chi connectivity index (χ2n) is 11.4. The largest absolute Gasteiger partial charge is 0.298 e. The van der Waals surface area contributed by atoms with E-state index in [9.17, 15) is 0 Å². The molecule has 6 aromatic carbocycles. The first-order valence-electron chi connectivity index (χ1n) is 15.3. The monoisotopic (exact) mass is 573 g/mol. The van der Waals surface area contributed by atoms with Crippen molar-refractivity contribution in [2.75, 3.05) is 0 Å². The smallest absolute Gasteiger partial charge is 0.145 e. The summed E-state index contributed by atoms with van der Waals surface area (Å²) >= 11 is 0. The lowest BCUT2D eigenvalue weighted by atomic mass is 9.85. The molecule has 0 spiro atoms. The Morgan fingerprint density at radius 3 is 1.71 bits per heavy atom. The van der Waals surface area contributed by atoms with Crippen LogP contribution in [0.2, 0.25) is 0 Å². The van der Waals surface area contributed by atoms with Gasteiger partial charge >= 0.3 is 0 Å². The molecule has 0 aliphatic carbocycles. The highest BCUT2D eigenvalue weighted by Crippen LogP contribution is 2.44. The van der Waals surface area contributed by atoms with Crippen molar-refractivity contribution in [2.45, 2.75) is 0 Å². The van der Waals surface area contributed by atoms with Crippen LogP contribution in [0.4, 0.5) is 0 Å². The molecule has 45 heavy (non-hydrogen) atoms. The summed E-state index contributed by atoms with van der Waals surface area (Å²) in [6.07, 6.45) is 3.97. The minimum atomic E-state index is 0.855. The number of nitrogens with zero attached hydrogens (tertiary/aromatic N) is 3. The SMILES string of the molecule is c1ccc(-c2c3ccccc3c(-c3cccc(-c4c(-c5ccccn5)nc5c6ccccc6ccn45)c3)c3ccccc23)cc1. The van der Waals surface area contributed by atoms with E-state index in [1.807, 2.05) is 24.4 Å². The van der Waals surface area contributed by atoms with Crippen LogP contribution in [0.1, 0.15) is 0 Å². The van der Waals surface area contributed by atoms with Crippen LogP contribution in [0.15, 0.2) is 164 Å². The van der Waals surface area contributed by atoms with E-state index in [2.05, 4.69) is 144 Å². The van der Waals surface area contributed by atoms with Crippen molar-refractivity contribution in [3.63, 3.8) is 0 Å². The summed E-state index contributed by atoms with van der Waals surface area (Å²) in [6.45, 7) is 0. The topological polar surface area (TPSA) is 30.2 Å². The molecule has 0 unspecified atom stereocenters. The molecule has 3 heteroatoms. The first-order valence-corrected chi connectivity index (χ1v) is 15.3. The summed E-state index contributed by atoms with van der Waals surface area (Å²) in [5, 5.41) is 7.26. The van der Waals surface area contributed by atoms with E-state index >= 15 is 0 Å². The minimum Gasteiger partial charge on any atom is -0.298 e. The average Bonchev–Trinajstić information content (AvgIpc) is 3.52. The molecule has 0 fully saturated rings. The normalized spacial score (nSPS) is 11.6.